The lowest BCUT2D eigenvalue weighted by molar-refractivity contribution is -0.126. The number of hydroxylamine groups is 1. The molecule has 0 bridgehead atoms. The van der Waals surface area contributed by atoms with Gasteiger partial charge in [0.25, 0.3) is 5.91 Å². The number of rotatable bonds is 4. The van der Waals surface area contributed by atoms with Crippen LogP contribution in [-0.2, 0) is 14.4 Å². The molecule has 2 aliphatic rings. The second kappa shape index (κ2) is 7.80. The van der Waals surface area contributed by atoms with Crippen molar-refractivity contribution in [2.75, 3.05) is 17.1 Å². The van der Waals surface area contributed by atoms with Crippen LogP contribution in [0.5, 0.6) is 5.75 Å². The predicted molar refractivity (Wildman–Crippen MR) is 121 cm³/mol. The third kappa shape index (κ3) is 3.15. The molecule has 6 nitrogen and oxygen atoms in total. The lowest BCUT2D eigenvalue weighted by Gasteiger charge is -2.29. The summed E-state index contributed by atoms with van der Waals surface area (Å²) in [6.07, 6.45) is -0.888. The third-order valence-electron chi connectivity index (χ3n) is 6.31. The van der Waals surface area contributed by atoms with Crippen molar-refractivity contribution in [3.05, 3.63) is 89.5 Å². The summed E-state index contributed by atoms with van der Waals surface area (Å²) < 4.78 is 5.41. The highest BCUT2D eigenvalue weighted by molar-refractivity contribution is 6.24. The first kappa shape index (κ1) is 20.3. The van der Waals surface area contributed by atoms with Crippen LogP contribution in [0.15, 0.2) is 72.8 Å². The largest absolute Gasteiger partial charge is 0.497 e. The van der Waals surface area contributed by atoms with Crippen LogP contribution in [0.4, 0.5) is 11.4 Å². The fourth-order valence-electron chi connectivity index (χ4n) is 4.50. The number of hydrogen-bond donors (Lipinski definition) is 0. The van der Waals surface area contributed by atoms with Gasteiger partial charge in [-0.05, 0) is 66.9 Å². The zero-order valence-electron chi connectivity index (χ0n) is 18.2. The smallest absolute Gasteiger partial charge is 0.266 e. The van der Waals surface area contributed by atoms with E-state index in [1.54, 1.807) is 12.2 Å². The van der Waals surface area contributed by atoms with E-state index in [1.807, 2.05) is 86.6 Å². The van der Waals surface area contributed by atoms with Gasteiger partial charge in [-0.2, -0.15) is 0 Å². The minimum absolute atomic E-state index is 0.255. The predicted octanol–water partition coefficient (Wildman–Crippen LogP) is 4.36. The standard InChI is InChI=1S/C26H24N2O4/c1-16-12-13-20(14-17(16)2)27-25(29)22-23(18-8-7-11-21(15-18)31-3)28(32-24(22)26(27)30)19-9-5-4-6-10-19/h4-15,22-24H,1-3H3/t22-,23+,24-/m0/s1. The van der Waals surface area contributed by atoms with Gasteiger partial charge in [0.15, 0.2) is 6.10 Å². The van der Waals surface area contributed by atoms with E-state index in [1.165, 1.54) is 4.90 Å². The molecule has 0 unspecified atom stereocenters. The Morgan fingerprint density at radius 1 is 0.812 bits per heavy atom. The SMILES string of the molecule is COc1cccc([C@@H]2[C@@H]3C(=O)N(c4ccc(C)c(C)c4)C(=O)[C@H]3ON2c2ccccc2)c1. The molecule has 0 N–H and O–H groups in total. The van der Waals surface area contributed by atoms with E-state index in [9.17, 15) is 9.59 Å². The van der Waals surface area contributed by atoms with Gasteiger partial charge in [0.1, 0.15) is 11.7 Å². The number of carbonyl (C=O) groups is 2. The number of ether oxygens (including phenoxy) is 1. The summed E-state index contributed by atoms with van der Waals surface area (Å²) in [4.78, 5) is 34.5. The van der Waals surface area contributed by atoms with Crippen molar-refractivity contribution in [3.8, 4) is 5.75 Å². The number of imide groups is 1. The topological polar surface area (TPSA) is 59.1 Å². The highest BCUT2D eigenvalue weighted by Gasteiger charge is 2.60. The van der Waals surface area contributed by atoms with Gasteiger partial charge in [-0.15, -0.1) is 0 Å². The summed E-state index contributed by atoms with van der Waals surface area (Å²) >= 11 is 0. The average molecular weight is 428 g/mol. The molecule has 0 aromatic heterocycles. The number of para-hydroxylation sites is 1. The summed E-state index contributed by atoms with van der Waals surface area (Å²) in [5.74, 6) is -0.581. The molecule has 162 valence electrons. The number of aryl methyl sites for hydroxylation is 2. The highest BCUT2D eigenvalue weighted by atomic mass is 16.7. The molecule has 2 aliphatic heterocycles. The maximum absolute atomic E-state index is 13.7. The zero-order valence-corrected chi connectivity index (χ0v) is 18.2. The van der Waals surface area contributed by atoms with E-state index >= 15 is 0 Å². The van der Waals surface area contributed by atoms with Gasteiger partial charge in [0.05, 0.1) is 24.5 Å². The van der Waals surface area contributed by atoms with Crippen molar-refractivity contribution in [3.63, 3.8) is 0 Å². The van der Waals surface area contributed by atoms with E-state index in [-0.39, 0.29) is 11.8 Å². The Bertz CT molecular complexity index is 1190. The number of fused-ring (bicyclic) bond motifs is 1. The highest BCUT2D eigenvalue weighted by Crippen LogP contribution is 2.48. The number of amides is 2. The van der Waals surface area contributed by atoms with Crippen molar-refractivity contribution in [1.29, 1.82) is 0 Å². The average Bonchev–Trinajstić information content (AvgIpc) is 3.32. The van der Waals surface area contributed by atoms with Crippen molar-refractivity contribution in [1.82, 2.24) is 0 Å². The second-order valence-electron chi connectivity index (χ2n) is 8.22. The fraction of sp³-hybridized carbons (Fsp3) is 0.231. The molecule has 6 heteroatoms. The summed E-state index contributed by atoms with van der Waals surface area (Å²) in [5.41, 5.74) is 4.35. The minimum Gasteiger partial charge on any atom is -0.497 e. The van der Waals surface area contributed by atoms with Gasteiger partial charge >= 0.3 is 0 Å². The second-order valence-corrected chi connectivity index (χ2v) is 8.22. The number of carbonyl (C=O) groups excluding carboxylic acids is 2. The number of anilines is 2. The van der Waals surface area contributed by atoms with Crippen molar-refractivity contribution in [2.45, 2.75) is 26.0 Å². The first-order chi connectivity index (χ1) is 15.5. The van der Waals surface area contributed by atoms with E-state index in [0.717, 1.165) is 22.4 Å². The number of nitrogens with zero attached hydrogens (tertiary/aromatic N) is 2. The van der Waals surface area contributed by atoms with Gasteiger partial charge in [-0.3, -0.25) is 14.4 Å². The van der Waals surface area contributed by atoms with Crippen molar-refractivity contribution >= 4 is 23.2 Å². The molecule has 3 aromatic rings. The lowest BCUT2D eigenvalue weighted by atomic mass is 9.90. The Labute approximate surface area is 186 Å². The number of benzene rings is 3. The van der Waals surface area contributed by atoms with Crippen LogP contribution in [0.3, 0.4) is 0 Å². The first-order valence-corrected chi connectivity index (χ1v) is 10.6. The molecular formula is C26H24N2O4. The molecule has 0 radical (unpaired) electrons. The van der Waals surface area contributed by atoms with E-state index < -0.39 is 18.1 Å². The molecule has 2 amide bonds. The van der Waals surface area contributed by atoms with Crippen LogP contribution in [0, 0.1) is 19.8 Å². The van der Waals surface area contributed by atoms with Crippen molar-refractivity contribution in [2.24, 2.45) is 5.92 Å². The van der Waals surface area contributed by atoms with Gasteiger partial charge in [0, 0.05) is 0 Å². The summed E-state index contributed by atoms with van der Waals surface area (Å²) in [6, 6.07) is 22.2. The van der Waals surface area contributed by atoms with Gasteiger partial charge in [-0.25, -0.2) is 9.96 Å². The Hall–Kier alpha value is -3.64. The zero-order chi connectivity index (χ0) is 22.4. The lowest BCUT2D eigenvalue weighted by Crippen LogP contribution is -2.37. The normalized spacial score (nSPS) is 22.4. The van der Waals surface area contributed by atoms with Crippen LogP contribution in [0.25, 0.3) is 0 Å². The Kier molecular flexibility index (Phi) is 4.94. The minimum atomic E-state index is -0.888. The molecule has 3 aromatic carbocycles. The van der Waals surface area contributed by atoms with Crippen LogP contribution in [0.2, 0.25) is 0 Å². The quantitative estimate of drug-likeness (QED) is 0.578. The maximum atomic E-state index is 13.7. The molecule has 5 rings (SSSR count). The van der Waals surface area contributed by atoms with E-state index in [0.29, 0.717) is 11.4 Å². The fourth-order valence-corrected chi connectivity index (χ4v) is 4.50. The molecule has 0 spiro atoms. The van der Waals surface area contributed by atoms with Crippen LogP contribution in [0.1, 0.15) is 22.7 Å². The Balaban J connectivity index is 1.59. The van der Waals surface area contributed by atoms with E-state index in [2.05, 4.69) is 0 Å². The summed E-state index contributed by atoms with van der Waals surface area (Å²) in [5, 5.41) is 1.69. The first-order valence-electron chi connectivity index (χ1n) is 10.6. The molecule has 2 saturated heterocycles. The van der Waals surface area contributed by atoms with Crippen LogP contribution in [-0.4, -0.2) is 25.0 Å². The number of hydrogen-bond acceptors (Lipinski definition) is 5. The van der Waals surface area contributed by atoms with Gasteiger partial charge in [0.2, 0.25) is 5.91 Å². The molecule has 32 heavy (non-hydrogen) atoms. The maximum Gasteiger partial charge on any atom is 0.266 e. The Morgan fingerprint density at radius 2 is 1.59 bits per heavy atom. The monoisotopic (exact) mass is 428 g/mol. The molecule has 2 fully saturated rings. The van der Waals surface area contributed by atoms with E-state index in [4.69, 9.17) is 9.57 Å². The molecule has 0 aliphatic carbocycles. The molecule has 3 atom stereocenters. The molecular weight excluding hydrogens is 404 g/mol. The summed E-state index contributed by atoms with van der Waals surface area (Å²) in [7, 11) is 1.60. The van der Waals surface area contributed by atoms with Crippen LogP contribution < -0.4 is 14.7 Å². The third-order valence-corrected chi connectivity index (χ3v) is 6.31. The number of methoxy groups -OCH3 is 1. The Morgan fingerprint density at radius 3 is 2.31 bits per heavy atom. The summed E-state index contributed by atoms with van der Waals surface area (Å²) in [6.45, 7) is 3.97. The molecule has 0 saturated carbocycles. The van der Waals surface area contributed by atoms with Crippen molar-refractivity contribution < 1.29 is 19.2 Å². The van der Waals surface area contributed by atoms with Gasteiger partial charge in [-0.1, -0.05) is 36.4 Å². The van der Waals surface area contributed by atoms with Crippen LogP contribution >= 0.6 is 0 Å². The molecule has 2 heterocycles. The van der Waals surface area contributed by atoms with Gasteiger partial charge < -0.3 is 4.74 Å².